The number of nitrogens with zero attached hydrogens (tertiary/aromatic N) is 1. The monoisotopic (exact) mass is 240 g/mol. The molecular weight excluding hydrogens is 219 g/mol. The Kier molecular flexibility index (Phi) is 5.91. The molecule has 0 aromatic carbocycles. The van der Waals surface area contributed by atoms with Crippen molar-refractivity contribution in [1.82, 2.24) is 10.3 Å². The molecule has 3 nitrogen and oxygen atoms in total. The largest absolute Gasteiger partial charge is 0.477 e. The number of rotatable bonds is 7. The van der Waals surface area contributed by atoms with Gasteiger partial charge in [-0.3, -0.25) is 0 Å². The third kappa shape index (κ3) is 5.13. The van der Waals surface area contributed by atoms with Crippen molar-refractivity contribution >= 4 is 0 Å². The molecule has 0 aliphatic heterocycles. The van der Waals surface area contributed by atoms with E-state index in [0.717, 1.165) is 18.4 Å². The molecule has 17 heavy (non-hydrogen) atoms. The Morgan fingerprint density at radius 2 is 2.24 bits per heavy atom. The Bertz CT molecular complexity index is 342. The summed E-state index contributed by atoms with van der Waals surface area (Å²) in [6.07, 6.45) is 3.31. The second-order valence-corrected chi connectivity index (χ2v) is 4.53. The summed E-state index contributed by atoms with van der Waals surface area (Å²) in [6, 6.07) is 1.46. The Hall–Kier alpha value is -1.16. The Morgan fingerprint density at radius 1 is 1.47 bits per heavy atom. The average molecular weight is 240 g/mol. The number of aromatic nitrogens is 1. The fourth-order valence-electron chi connectivity index (χ4n) is 1.58. The fourth-order valence-corrected chi connectivity index (χ4v) is 1.58. The molecular formula is C13H21FN2O. The minimum Gasteiger partial charge on any atom is -0.477 e. The van der Waals surface area contributed by atoms with Crippen LogP contribution in [-0.4, -0.2) is 18.6 Å². The third-order valence-electron chi connectivity index (χ3n) is 2.42. The van der Waals surface area contributed by atoms with Crippen LogP contribution >= 0.6 is 0 Å². The minimum atomic E-state index is -0.329. The quantitative estimate of drug-likeness (QED) is 0.744. The maximum atomic E-state index is 13.0. The second kappa shape index (κ2) is 7.22. The third-order valence-corrected chi connectivity index (χ3v) is 2.42. The molecule has 0 bridgehead atoms. The van der Waals surface area contributed by atoms with Gasteiger partial charge in [-0.15, -0.1) is 0 Å². The molecule has 0 fully saturated rings. The number of nitrogens with one attached hydrogen (secondary N) is 1. The highest BCUT2D eigenvalue weighted by Gasteiger charge is 2.06. The zero-order valence-electron chi connectivity index (χ0n) is 10.8. The Labute approximate surface area is 102 Å². The van der Waals surface area contributed by atoms with Crippen LogP contribution in [0, 0.1) is 11.7 Å². The van der Waals surface area contributed by atoms with Gasteiger partial charge in [-0.2, -0.15) is 0 Å². The molecule has 0 aliphatic carbocycles. The van der Waals surface area contributed by atoms with Crippen LogP contribution < -0.4 is 10.1 Å². The van der Waals surface area contributed by atoms with Crippen molar-refractivity contribution in [3.63, 3.8) is 0 Å². The van der Waals surface area contributed by atoms with E-state index in [0.29, 0.717) is 24.9 Å². The van der Waals surface area contributed by atoms with E-state index in [9.17, 15) is 4.39 Å². The zero-order valence-corrected chi connectivity index (χ0v) is 10.8. The van der Waals surface area contributed by atoms with Crippen LogP contribution in [0.1, 0.15) is 32.3 Å². The standard InChI is InChI=1S/C13H21FN2O/c1-10(2)5-4-6-17-13-11(8-15-3)7-12(14)9-16-13/h7,9-10,15H,4-6,8H2,1-3H3. The molecule has 0 spiro atoms. The van der Waals surface area contributed by atoms with Gasteiger partial charge in [-0.05, 0) is 31.9 Å². The highest BCUT2D eigenvalue weighted by molar-refractivity contribution is 5.25. The topological polar surface area (TPSA) is 34.2 Å². The van der Waals surface area contributed by atoms with Crippen molar-refractivity contribution in [3.05, 3.63) is 23.6 Å². The van der Waals surface area contributed by atoms with Crippen LogP contribution in [0.25, 0.3) is 0 Å². The number of hydrogen-bond donors (Lipinski definition) is 1. The van der Waals surface area contributed by atoms with Crippen LogP contribution in [0.4, 0.5) is 4.39 Å². The van der Waals surface area contributed by atoms with E-state index in [2.05, 4.69) is 24.1 Å². The maximum absolute atomic E-state index is 13.0. The molecule has 0 aliphatic rings. The smallest absolute Gasteiger partial charge is 0.218 e. The van der Waals surface area contributed by atoms with Crippen molar-refractivity contribution in [2.45, 2.75) is 33.2 Å². The first-order valence-corrected chi connectivity index (χ1v) is 6.05. The number of halogens is 1. The minimum absolute atomic E-state index is 0.329. The van der Waals surface area contributed by atoms with Gasteiger partial charge in [-0.1, -0.05) is 13.8 Å². The van der Waals surface area contributed by atoms with Gasteiger partial charge in [0, 0.05) is 12.1 Å². The number of ether oxygens (including phenoxy) is 1. The molecule has 0 saturated carbocycles. The lowest BCUT2D eigenvalue weighted by Crippen LogP contribution is -2.10. The molecule has 0 atom stereocenters. The molecule has 96 valence electrons. The summed E-state index contributed by atoms with van der Waals surface area (Å²) in [6.45, 7) is 5.56. The van der Waals surface area contributed by atoms with Crippen molar-refractivity contribution in [3.8, 4) is 5.88 Å². The van der Waals surface area contributed by atoms with Gasteiger partial charge < -0.3 is 10.1 Å². The van der Waals surface area contributed by atoms with Crippen molar-refractivity contribution in [1.29, 1.82) is 0 Å². The van der Waals surface area contributed by atoms with E-state index >= 15 is 0 Å². The summed E-state index contributed by atoms with van der Waals surface area (Å²) in [5, 5.41) is 2.97. The molecule has 1 heterocycles. The summed E-state index contributed by atoms with van der Waals surface area (Å²) in [5.41, 5.74) is 0.761. The predicted molar refractivity (Wildman–Crippen MR) is 66.5 cm³/mol. The van der Waals surface area contributed by atoms with Crippen molar-refractivity contribution in [2.75, 3.05) is 13.7 Å². The van der Waals surface area contributed by atoms with E-state index in [1.165, 1.54) is 12.3 Å². The molecule has 0 amide bonds. The highest BCUT2D eigenvalue weighted by atomic mass is 19.1. The molecule has 0 saturated heterocycles. The first-order valence-electron chi connectivity index (χ1n) is 6.05. The summed E-state index contributed by atoms with van der Waals surface area (Å²) >= 11 is 0. The van der Waals surface area contributed by atoms with E-state index in [1.807, 2.05) is 7.05 Å². The van der Waals surface area contributed by atoms with Crippen molar-refractivity contribution < 1.29 is 9.13 Å². The highest BCUT2D eigenvalue weighted by Crippen LogP contribution is 2.16. The molecule has 1 rings (SSSR count). The molecule has 1 N–H and O–H groups in total. The van der Waals surface area contributed by atoms with E-state index in [4.69, 9.17) is 4.74 Å². The summed E-state index contributed by atoms with van der Waals surface area (Å²) < 4.78 is 18.6. The van der Waals surface area contributed by atoms with Crippen LogP contribution in [0.15, 0.2) is 12.3 Å². The lowest BCUT2D eigenvalue weighted by Gasteiger charge is -2.10. The zero-order chi connectivity index (χ0) is 12.7. The van der Waals surface area contributed by atoms with Gasteiger partial charge in [0.1, 0.15) is 5.82 Å². The van der Waals surface area contributed by atoms with Crippen LogP contribution in [0.2, 0.25) is 0 Å². The first kappa shape index (κ1) is 13.9. The normalized spacial score (nSPS) is 10.9. The van der Waals surface area contributed by atoms with Gasteiger partial charge in [0.15, 0.2) is 0 Å². The number of hydrogen-bond acceptors (Lipinski definition) is 3. The summed E-state index contributed by atoms with van der Waals surface area (Å²) in [5.74, 6) is 0.880. The summed E-state index contributed by atoms with van der Waals surface area (Å²) in [7, 11) is 1.81. The second-order valence-electron chi connectivity index (χ2n) is 4.53. The molecule has 1 aromatic rings. The Morgan fingerprint density at radius 3 is 2.88 bits per heavy atom. The van der Waals surface area contributed by atoms with E-state index in [-0.39, 0.29) is 5.82 Å². The van der Waals surface area contributed by atoms with Gasteiger partial charge >= 0.3 is 0 Å². The fraction of sp³-hybridized carbons (Fsp3) is 0.615. The SMILES string of the molecule is CNCc1cc(F)cnc1OCCCC(C)C. The number of pyridine rings is 1. The molecule has 1 aromatic heterocycles. The van der Waals surface area contributed by atoms with E-state index in [1.54, 1.807) is 0 Å². The molecule has 0 radical (unpaired) electrons. The average Bonchev–Trinajstić information content (AvgIpc) is 2.27. The van der Waals surface area contributed by atoms with Gasteiger partial charge in [0.05, 0.1) is 12.8 Å². The van der Waals surface area contributed by atoms with Crippen LogP contribution in [0.3, 0.4) is 0 Å². The van der Waals surface area contributed by atoms with Crippen molar-refractivity contribution in [2.24, 2.45) is 5.92 Å². The van der Waals surface area contributed by atoms with E-state index < -0.39 is 0 Å². The van der Waals surface area contributed by atoms with Crippen LogP contribution in [0.5, 0.6) is 5.88 Å². The lowest BCUT2D eigenvalue weighted by atomic mass is 10.1. The van der Waals surface area contributed by atoms with Crippen LogP contribution in [-0.2, 0) is 6.54 Å². The lowest BCUT2D eigenvalue weighted by molar-refractivity contribution is 0.283. The first-order chi connectivity index (χ1) is 8.13. The molecule has 0 unspecified atom stereocenters. The maximum Gasteiger partial charge on any atom is 0.218 e. The Balaban J connectivity index is 2.51. The van der Waals surface area contributed by atoms with Gasteiger partial charge in [0.2, 0.25) is 5.88 Å². The molecule has 4 heteroatoms. The van der Waals surface area contributed by atoms with Gasteiger partial charge in [0.25, 0.3) is 0 Å². The summed E-state index contributed by atoms with van der Waals surface area (Å²) in [4.78, 5) is 3.98. The predicted octanol–water partition coefficient (Wildman–Crippen LogP) is 2.76. The van der Waals surface area contributed by atoms with Gasteiger partial charge in [-0.25, -0.2) is 9.37 Å².